The van der Waals surface area contributed by atoms with E-state index in [0.717, 1.165) is 11.3 Å². The van der Waals surface area contributed by atoms with Crippen LogP contribution in [0.2, 0.25) is 0 Å². The number of ether oxygens (including phenoxy) is 1. The summed E-state index contributed by atoms with van der Waals surface area (Å²) in [4.78, 5) is 0. The molecule has 110 valence electrons. The van der Waals surface area contributed by atoms with Crippen molar-refractivity contribution >= 4 is 11.0 Å². The van der Waals surface area contributed by atoms with Gasteiger partial charge in [0.15, 0.2) is 0 Å². The zero-order chi connectivity index (χ0) is 14.7. The lowest BCUT2D eigenvalue weighted by Crippen LogP contribution is -2.39. The molecule has 2 atom stereocenters. The van der Waals surface area contributed by atoms with Crippen molar-refractivity contribution in [1.29, 1.82) is 0 Å². The third-order valence-corrected chi connectivity index (χ3v) is 3.89. The summed E-state index contributed by atoms with van der Waals surface area (Å²) in [6.07, 6.45) is 0. The van der Waals surface area contributed by atoms with Gasteiger partial charge in [-0.1, -0.05) is 32.0 Å². The fourth-order valence-corrected chi connectivity index (χ4v) is 2.62. The molecule has 0 fully saturated rings. The molecule has 0 bridgehead atoms. The normalized spacial score (nSPS) is 14.9. The summed E-state index contributed by atoms with van der Waals surface area (Å²) >= 11 is 0. The maximum atomic E-state index is 6.02. The van der Waals surface area contributed by atoms with E-state index in [1.165, 1.54) is 10.9 Å². The number of methoxy groups -OCH3 is 1. The van der Waals surface area contributed by atoms with Crippen molar-refractivity contribution in [2.45, 2.75) is 39.8 Å². The molecule has 1 heterocycles. The van der Waals surface area contributed by atoms with Crippen molar-refractivity contribution < 1.29 is 9.15 Å². The smallest absolute Gasteiger partial charge is 0.134 e. The number of benzene rings is 1. The molecular formula is C17H25NO2. The lowest BCUT2D eigenvalue weighted by molar-refractivity contribution is 0.139. The largest absolute Gasteiger partial charge is 0.459 e. The zero-order valence-corrected chi connectivity index (χ0v) is 13.1. The molecule has 1 N–H and O–H groups in total. The molecule has 0 aliphatic rings. The van der Waals surface area contributed by atoms with Gasteiger partial charge in [0.2, 0.25) is 0 Å². The second kappa shape index (κ2) is 6.42. The van der Waals surface area contributed by atoms with Gasteiger partial charge in [0, 0.05) is 18.5 Å². The van der Waals surface area contributed by atoms with Gasteiger partial charge in [0.05, 0.1) is 12.6 Å². The molecule has 0 saturated carbocycles. The van der Waals surface area contributed by atoms with E-state index < -0.39 is 0 Å². The Morgan fingerprint density at radius 2 is 1.90 bits per heavy atom. The zero-order valence-electron chi connectivity index (χ0n) is 13.1. The Kier molecular flexibility index (Phi) is 4.84. The molecule has 2 rings (SSSR count). The summed E-state index contributed by atoms with van der Waals surface area (Å²) in [6.45, 7) is 9.39. The summed E-state index contributed by atoms with van der Waals surface area (Å²) in [6, 6.07) is 8.68. The molecule has 0 aliphatic heterocycles. The van der Waals surface area contributed by atoms with Gasteiger partial charge in [-0.25, -0.2) is 0 Å². The number of furan rings is 1. The van der Waals surface area contributed by atoms with Crippen molar-refractivity contribution in [2.24, 2.45) is 5.92 Å². The second-order valence-corrected chi connectivity index (χ2v) is 5.78. The molecule has 3 heteroatoms. The van der Waals surface area contributed by atoms with Crippen LogP contribution in [0, 0.1) is 12.8 Å². The van der Waals surface area contributed by atoms with Crippen LogP contribution in [0.1, 0.15) is 38.1 Å². The van der Waals surface area contributed by atoms with Crippen molar-refractivity contribution in [2.75, 3.05) is 13.7 Å². The quantitative estimate of drug-likeness (QED) is 0.863. The lowest BCUT2D eigenvalue weighted by atomic mass is 10.0. The van der Waals surface area contributed by atoms with Crippen molar-refractivity contribution in [3.63, 3.8) is 0 Å². The molecule has 0 aliphatic carbocycles. The molecule has 0 amide bonds. The van der Waals surface area contributed by atoms with E-state index in [2.05, 4.69) is 45.1 Å². The monoisotopic (exact) mass is 275 g/mol. The van der Waals surface area contributed by atoms with Crippen LogP contribution < -0.4 is 5.32 Å². The molecule has 3 nitrogen and oxygen atoms in total. The first-order valence-electron chi connectivity index (χ1n) is 7.27. The predicted molar refractivity (Wildman–Crippen MR) is 83.0 cm³/mol. The van der Waals surface area contributed by atoms with E-state index in [1.807, 2.05) is 12.1 Å². The van der Waals surface area contributed by atoms with Gasteiger partial charge in [0.1, 0.15) is 11.3 Å². The summed E-state index contributed by atoms with van der Waals surface area (Å²) < 4.78 is 11.3. The number of rotatable bonds is 6. The molecule has 0 saturated heterocycles. The highest BCUT2D eigenvalue weighted by molar-refractivity contribution is 5.82. The van der Waals surface area contributed by atoms with Gasteiger partial charge in [-0.2, -0.15) is 0 Å². The second-order valence-electron chi connectivity index (χ2n) is 5.78. The third-order valence-electron chi connectivity index (χ3n) is 3.89. The SMILES string of the molecule is COCC(NC(C)c1oc2ccccc2c1C)C(C)C. The molecular weight excluding hydrogens is 250 g/mol. The maximum absolute atomic E-state index is 6.02. The van der Waals surface area contributed by atoms with E-state index in [4.69, 9.17) is 9.15 Å². The van der Waals surface area contributed by atoms with E-state index in [-0.39, 0.29) is 6.04 Å². The molecule has 2 aromatic rings. The summed E-state index contributed by atoms with van der Waals surface area (Å²) in [5.74, 6) is 1.54. The van der Waals surface area contributed by atoms with E-state index in [9.17, 15) is 0 Å². The predicted octanol–water partition coefficient (Wildman–Crippen LogP) is 4.06. The third kappa shape index (κ3) is 3.05. The van der Waals surface area contributed by atoms with E-state index >= 15 is 0 Å². The van der Waals surface area contributed by atoms with Crippen LogP contribution in [0.25, 0.3) is 11.0 Å². The highest BCUT2D eigenvalue weighted by Gasteiger charge is 2.21. The number of para-hydroxylation sites is 1. The number of hydrogen-bond acceptors (Lipinski definition) is 3. The number of fused-ring (bicyclic) bond motifs is 1. The number of nitrogens with one attached hydrogen (secondary N) is 1. The van der Waals surface area contributed by atoms with Crippen LogP contribution >= 0.6 is 0 Å². The van der Waals surface area contributed by atoms with Crippen LogP contribution in [0.3, 0.4) is 0 Å². The Labute approximate surface area is 121 Å². The van der Waals surface area contributed by atoms with Gasteiger partial charge in [-0.05, 0) is 31.4 Å². The fourth-order valence-electron chi connectivity index (χ4n) is 2.62. The molecule has 0 radical (unpaired) electrons. The average Bonchev–Trinajstić information content (AvgIpc) is 2.76. The van der Waals surface area contributed by atoms with Crippen molar-refractivity contribution in [1.82, 2.24) is 5.32 Å². The van der Waals surface area contributed by atoms with Gasteiger partial charge in [-0.3, -0.25) is 0 Å². The van der Waals surface area contributed by atoms with Crippen LogP contribution in [0.15, 0.2) is 28.7 Å². The fraction of sp³-hybridized carbons (Fsp3) is 0.529. The molecule has 0 spiro atoms. The van der Waals surface area contributed by atoms with Crippen LogP contribution in [-0.2, 0) is 4.74 Å². The number of hydrogen-bond donors (Lipinski definition) is 1. The summed E-state index contributed by atoms with van der Waals surface area (Å²) in [7, 11) is 1.74. The van der Waals surface area contributed by atoms with E-state index in [1.54, 1.807) is 7.11 Å². The summed E-state index contributed by atoms with van der Waals surface area (Å²) in [5.41, 5.74) is 2.18. The van der Waals surface area contributed by atoms with Crippen molar-refractivity contribution in [3.8, 4) is 0 Å². The minimum absolute atomic E-state index is 0.171. The van der Waals surface area contributed by atoms with Gasteiger partial charge >= 0.3 is 0 Å². The minimum atomic E-state index is 0.171. The lowest BCUT2D eigenvalue weighted by Gasteiger charge is -2.25. The Bertz CT molecular complexity index is 559. The molecule has 1 aromatic carbocycles. The Morgan fingerprint density at radius 3 is 2.50 bits per heavy atom. The molecule has 2 unspecified atom stereocenters. The topological polar surface area (TPSA) is 34.4 Å². The first-order chi connectivity index (χ1) is 9.54. The highest BCUT2D eigenvalue weighted by atomic mass is 16.5. The maximum Gasteiger partial charge on any atom is 0.134 e. The Morgan fingerprint density at radius 1 is 1.20 bits per heavy atom. The Balaban J connectivity index is 2.22. The standard InChI is InChI=1S/C17H25NO2/c1-11(2)15(10-19-5)18-13(4)17-12(3)14-8-6-7-9-16(14)20-17/h6-9,11,13,15,18H,10H2,1-5H3. The van der Waals surface area contributed by atoms with Crippen LogP contribution in [0.4, 0.5) is 0 Å². The first-order valence-corrected chi connectivity index (χ1v) is 7.27. The van der Waals surface area contributed by atoms with Gasteiger partial charge in [0.25, 0.3) is 0 Å². The van der Waals surface area contributed by atoms with Gasteiger partial charge < -0.3 is 14.5 Å². The van der Waals surface area contributed by atoms with Gasteiger partial charge in [-0.15, -0.1) is 0 Å². The van der Waals surface area contributed by atoms with Crippen LogP contribution in [0.5, 0.6) is 0 Å². The number of aryl methyl sites for hydroxylation is 1. The summed E-state index contributed by atoms with van der Waals surface area (Å²) in [5, 5.41) is 4.81. The van der Waals surface area contributed by atoms with Crippen molar-refractivity contribution in [3.05, 3.63) is 35.6 Å². The van der Waals surface area contributed by atoms with E-state index in [0.29, 0.717) is 18.6 Å². The highest BCUT2D eigenvalue weighted by Crippen LogP contribution is 2.29. The van der Waals surface area contributed by atoms with Crippen LogP contribution in [-0.4, -0.2) is 19.8 Å². The average molecular weight is 275 g/mol. The minimum Gasteiger partial charge on any atom is -0.459 e. The molecule has 20 heavy (non-hydrogen) atoms. The molecule has 1 aromatic heterocycles. The Hall–Kier alpha value is -1.32. The first kappa shape index (κ1) is 15.1.